The monoisotopic (exact) mass is 440 g/mol. The number of carbonyl (C=O) groups is 2. The molecule has 6 heteroatoms. The van der Waals surface area contributed by atoms with Gasteiger partial charge in [-0.1, -0.05) is 12.5 Å². The van der Waals surface area contributed by atoms with Crippen LogP contribution >= 0.6 is 0 Å². The maximum Gasteiger partial charge on any atom is 0.226 e. The number of ketones is 2. The molecular formula is C26H32O6. The van der Waals surface area contributed by atoms with E-state index in [1.165, 1.54) is 5.57 Å². The lowest BCUT2D eigenvalue weighted by Gasteiger charge is -2.55. The van der Waals surface area contributed by atoms with Gasteiger partial charge in [0.1, 0.15) is 6.61 Å². The summed E-state index contributed by atoms with van der Waals surface area (Å²) in [6.45, 7) is 3.45. The minimum absolute atomic E-state index is 0.275. The van der Waals surface area contributed by atoms with Gasteiger partial charge in [-0.3, -0.25) is 9.59 Å². The Balaban J connectivity index is 1.38. The summed E-state index contributed by atoms with van der Waals surface area (Å²) in [5.41, 5.74) is -0.227. The van der Waals surface area contributed by atoms with E-state index in [4.69, 9.17) is 13.9 Å². The minimum atomic E-state index is -1.17. The molecule has 0 spiro atoms. The molecule has 6 nitrogen and oxygen atoms in total. The van der Waals surface area contributed by atoms with E-state index in [0.29, 0.717) is 35.9 Å². The van der Waals surface area contributed by atoms with Crippen molar-refractivity contribution in [2.75, 3.05) is 6.61 Å². The number of furan rings is 1. The standard InChI is InChI=1S/C26H32O6/c1-24-10-9-18-17-8-6-16(28)12-15(17)5-7-19(18)20(24)13-23-26(24,21(29)14-27)32-25(2,31-23)22-4-3-11-30-22/h3-4,11-12,17-20,23,27H,5-10,13-14H2,1-2H3/t17-,18?,19?,20?,23+,24-,25?,26+/m0/s1. The summed E-state index contributed by atoms with van der Waals surface area (Å²) >= 11 is 0. The van der Waals surface area contributed by atoms with Gasteiger partial charge in [0.05, 0.1) is 12.4 Å². The van der Waals surface area contributed by atoms with Crippen molar-refractivity contribution in [1.29, 1.82) is 0 Å². The predicted octanol–water partition coefficient (Wildman–Crippen LogP) is 3.92. The molecule has 8 atom stereocenters. The molecule has 172 valence electrons. The van der Waals surface area contributed by atoms with Crippen molar-refractivity contribution < 1.29 is 28.6 Å². The number of Topliss-reactive ketones (excluding diaryl/α,β-unsaturated/α-hetero) is 1. The first-order valence-corrected chi connectivity index (χ1v) is 12.1. The van der Waals surface area contributed by atoms with Crippen molar-refractivity contribution in [2.24, 2.45) is 29.1 Å². The number of aliphatic hydroxyl groups excluding tert-OH is 1. The highest BCUT2D eigenvalue weighted by molar-refractivity contribution is 5.92. The van der Waals surface area contributed by atoms with Crippen molar-refractivity contribution in [3.05, 3.63) is 35.8 Å². The highest BCUT2D eigenvalue weighted by atomic mass is 16.8. The number of ether oxygens (including phenoxy) is 2. The summed E-state index contributed by atoms with van der Waals surface area (Å²) in [4.78, 5) is 25.4. The molecule has 4 unspecified atom stereocenters. The zero-order valence-corrected chi connectivity index (χ0v) is 18.8. The van der Waals surface area contributed by atoms with E-state index in [0.717, 1.165) is 38.5 Å². The first-order valence-electron chi connectivity index (χ1n) is 12.1. The summed E-state index contributed by atoms with van der Waals surface area (Å²) in [5.74, 6) is 1.23. The van der Waals surface area contributed by atoms with Crippen LogP contribution in [0.25, 0.3) is 0 Å². The highest BCUT2D eigenvalue weighted by Gasteiger charge is 2.76. The third-order valence-electron chi connectivity index (χ3n) is 9.71. The molecule has 1 aromatic heterocycles. The Morgan fingerprint density at radius 2 is 2.03 bits per heavy atom. The minimum Gasteiger partial charge on any atom is -0.464 e. The molecule has 0 aromatic carbocycles. The Morgan fingerprint density at radius 1 is 1.19 bits per heavy atom. The molecule has 4 aliphatic carbocycles. The molecule has 32 heavy (non-hydrogen) atoms. The zero-order valence-electron chi connectivity index (χ0n) is 18.8. The van der Waals surface area contributed by atoms with Gasteiger partial charge in [0.2, 0.25) is 5.79 Å². The first kappa shape index (κ1) is 20.8. The molecule has 0 amide bonds. The number of allylic oxidation sites excluding steroid dienone is 1. The van der Waals surface area contributed by atoms with Crippen LogP contribution in [0.1, 0.15) is 64.6 Å². The Kier molecular flexibility index (Phi) is 4.47. The van der Waals surface area contributed by atoms with E-state index in [9.17, 15) is 14.7 Å². The number of hydrogen-bond acceptors (Lipinski definition) is 6. The Labute approximate surface area is 188 Å². The number of rotatable bonds is 3. The fourth-order valence-electron chi connectivity index (χ4n) is 8.40. The molecule has 5 aliphatic rings. The molecule has 6 rings (SSSR count). The largest absolute Gasteiger partial charge is 0.464 e. The van der Waals surface area contributed by atoms with Crippen LogP contribution in [0.15, 0.2) is 34.5 Å². The van der Waals surface area contributed by atoms with Gasteiger partial charge in [-0.15, -0.1) is 0 Å². The van der Waals surface area contributed by atoms with Crippen LogP contribution < -0.4 is 0 Å². The molecule has 1 saturated heterocycles. The normalized spacial score (nSPS) is 47.3. The molecule has 1 aliphatic heterocycles. The summed E-state index contributed by atoms with van der Waals surface area (Å²) in [5, 5.41) is 10.0. The second-order valence-corrected chi connectivity index (χ2v) is 10.9. The lowest BCUT2D eigenvalue weighted by atomic mass is 9.50. The lowest BCUT2D eigenvalue weighted by Crippen LogP contribution is -2.60. The molecule has 3 saturated carbocycles. The van der Waals surface area contributed by atoms with Crippen LogP contribution in [0.5, 0.6) is 0 Å². The number of carbonyl (C=O) groups excluding carboxylic acids is 2. The lowest BCUT2D eigenvalue weighted by molar-refractivity contribution is -0.234. The summed E-state index contributed by atoms with van der Waals surface area (Å²) in [7, 11) is 0. The molecule has 1 aromatic rings. The Morgan fingerprint density at radius 3 is 2.78 bits per heavy atom. The van der Waals surface area contributed by atoms with Crippen molar-refractivity contribution in [1.82, 2.24) is 0 Å². The zero-order chi connectivity index (χ0) is 22.3. The van der Waals surface area contributed by atoms with E-state index in [-0.39, 0.29) is 11.6 Å². The topological polar surface area (TPSA) is 86.0 Å². The summed E-state index contributed by atoms with van der Waals surface area (Å²) in [6, 6.07) is 3.61. The van der Waals surface area contributed by atoms with Crippen LogP contribution in [-0.2, 0) is 24.8 Å². The fourth-order valence-corrected chi connectivity index (χ4v) is 8.40. The molecule has 0 radical (unpaired) electrons. The third-order valence-corrected chi connectivity index (χ3v) is 9.71. The van der Waals surface area contributed by atoms with Gasteiger partial charge >= 0.3 is 0 Å². The van der Waals surface area contributed by atoms with Gasteiger partial charge in [-0.2, -0.15) is 0 Å². The van der Waals surface area contributed by atoms with Crippen LogP contribution in [0.4, 0.5) is 0 Å². The number of hydrogen-bond donors (Lipinski definition) is 1. The van der Waals surface area contributed by atoms with Crippen molar-refractivity contribution in [2.45, 2.75) is 76.3 Å². The third kappa shape index (κ3) is 2.52. The highest BCUT2D eigenvalue weighted by Crippen LogP contribution is 2.69. The van der Waals surface area contributed by atoms with E-state index in [2.05, 4.69) is 6.92 Å². The smallest absolute Gasteiger partial charge is 0.226 e. The summed E-state index contributed by atoms with van der Waals surface area (Å²) in [6.07, 6.45) is 9.36. The van der Waals surface area contributed by atoms with Gasteiger partial charge in [-0.25, -0.2) is 0 Å². The van der Waals surface area contributed by atoms with Gasteiger partial charge in [-0.05, 0) is 87.3 Å². The number of fused-ring (bicyclic) bond motifs is 7. The van der Waals surface area contributed by atoms with Crippen LogP contribution in [0.3, 0.4) is 0 Å². The second-order valence-electron chi connectivity index (χ2n) is 10.9. The SMILES string of the molecule is CC1(c2ccco2)O[C@@H]2CC3C4CCC5=CC(=O)CC[C@@H]5C4CC[C@]3(C)[C@]2(C(=O)CO)O1. The predicted molar refractivity (Wildman–Crippen MR) is 114 cm³/mol. The first-order chi connectivity index (χ1) is 15.3. The maximum atomic E-state index is 13.4. The fraction of sp³-hybridized carbons (Fsp3) is 0.692. The average Bonchev–Trinajstić information content (AvgIpc) is 3.47. The van der Waals surface area contributed by atoms with E-state index < -0.39 is 29.5 Å². The number of aliphatic hydroxyl groups is 1. The molecule has 2 heterocycles. The molecule has 0 bridgehead atoms. The Bertz CT molecular complexity index is 980. The van der Waals surface area contributed by atoms with E-state index >= 15 is 0 Å². The Hall–Kier alpha value is -1.76. The molecule has 4 fully saturated rings. The van der Waals surface area contributed by atoms with E-state index in [1.807, 2.05) is 19.1 Å². The maximum absolute atomic E-state index is 13.4. The van der Waals surface area contributed by atoms with Crippen molar-refractivity contribution in [3.8, 4) is 0 Å². The van der Waals surface area contributed by atoms with Crippen LogP contribution in [0.2, 0.25) is 0 Å². The molecule has 1 N–H and O–H groups in total. The van der Waals surface area contributed by atoms with Crippen LogP contribution in [-0.4, -0.2) is 35.0 Å². The van der Waals surface area contributed by atoms with Crippen molar-refractivity contribution in [3.63, 3.8) is 0 Å². The van der Waals surface area contributed by atoms with Crippen LogP contribution in [0, 0.1) is 29.1 Å². The van der Waals surface area contributed by atoms with Gasteiger partial charge in [0, 0.05) is 11.8 Å². The molecular weight excluding hydrogens is 408 g/mol. The van der Waals surface area contributed by atoms with Crippen molar-refractivity contribution >= 4 is 11.6 Å². The van der Waals surface area contributed by atoms with E-state index in [1.54, 1.807) is 12.3 Å². The summed E-state index contributed by atoms with van der Waals surface area (Å²) < 4.78 is 18.8. The quantitative estimate of drug-likeness (QED) is 0.767. The van der Waals surface area contributed by atoms with Gasteiger partial charge < -0.3 is 19.0 Å². The van der Waals surface area contributed by atoms with Gasteiger partial charge in [0.15, 0.2) is 22.9 Å². The second kappa shape index (κ2) is 6.87. The average molecular weight is 441 g/mol. The van der Waals surface area contributed by atoms with Gasteiger partial charge in [0.25, 0.3) is 0 Å².